The van der Waals surface area contributed by atoms with E-state index in [1.807, 2.05) is 103 Å². The number of nitrogens with one attached hydrogen (secondary N) is 3. The third-order valence-corrected chi connectivity index (χ3v) is 6.59. The lowest BCUT2D eigenvalue weighted by atomic mass is 9.87. The van der Waals surface area contributed by atoms with Crippen molar-refractivity contribution in [1.82, 2.24) is 5.32 Å². The summed E-state index contributed by atoms with van der Waals surface area (Å²) < 4.78 is 0. The van der Waals surface area contributed by atoms with E-state index in [-0.39, 0.29) is 11.3 Å². The number of benzene rings is 4. The molecule has 3 amide bonds. The lowest BCUT2D eigenvalue weighted by Crippen LogP contribution is -2.46. The molecular weight excluding hydrogens is 484 g/mol. The Hall–Kier alpha value is -4.42. The summed E-state index contributed by atoms with van der Waals surface area (Å²) in [5, 5.41) is 8.67. The second-order valence-corrected chi connectivity index (χ2v) is 10.6. The highest BCUT2D eigenvalue weighted by atomic mass is 16.2. The first kappa shape index (κ1) is 27.6. The van der Waals surface area contributed by atoms with Gasteiger partial charge in [0.05, 0.1) is 0 Å². The van der Waals surface area contributed by atoms with Crippen LogP contribution in [0.25, 0.3) is 11.1 Å². The minimum Gasteiger partial charge on any atom is -0.326 e. The van der Waals surface area contributed by atoms with Gasteiger partial charge in [-0.25, -0.2) is 4.79 Å². The summed E-state index contributed by atoms with van der Waals surface area (Å²) in [4.78, 5) is 26.3. The van der Waals surface area contributed by atoms with Crippen LogP contribution in [0.5, 0.6) is 0 Å². The van der Waals surface area contributed by atoms with Crippen molar-refractivity contribution in [3.8, 4) is 11.1 Å². The Labute approximate surface area is 230 Å². The van der Waals surface area contributed by atoms with E-state index in [4.69, 9.17) is 5.73 Å². The number of nitrogens with two attached hydrogens (primary N) is 1. The summed E-state index contributed by atoms with van der Waals surface area (Å²) in [5.41, 5.74) is 12.3. The zero-order valence-corrected chi connectivity index (χ0v) is 22.7. The largest absolute Gasteiger partial charge is 0.326 e. The highest BCUT2D eigenvalue weighted by Gasteiger charge is 2.22. The third-order valence-electron chi connectivity index (χ3n) is 6.59. The zero-order chi connectivity index (χ0) is 27.8. The van der Waals surface area contributed by atoms with Gasteiger partial charge in [0.15, 0.2) is 0 Å². The molecule has 0 aliphatic carbocycles. The lowest BCUT2D eigenvalue weighted by Gasteiger charge is -2.21. The van der Waals surface area contributed by atoms with Crippen molar-refractivity contribution < 1.29 is 9.59 Å². The van der Waals surface area contributed by atoms with Gasteiger partial charge in [0.25, 0.3) is 0 Å². The van der Waals surface area contributed by atoms with Crippen LogP contribution in [-0.2, 0) is 23.2 Å². The van der Waals surface area contributed by atoms with Gasteiger partial charge >= 0.3 is 6.03 Å². The fourth-order valence-electron chi connectivity index (χ4n) is 4.24. The number of urea groups is 1. The van der Waals surface area contributed by atoms with Gasteiger partial charge in [-0.3, -0.25) is 4.79 Å². The van der Waals surface area contributed by atoms with E-state index in [2.05, 4.69) is 36.7 Å². The van der Waals surface area contributed by atoms with Gasteiger partial charge in [-0.15, -0.1) is 0 Å². The average Bonchev–Trinajstić information content (AvgIpc) is 2.94. The molecule has 0 bridgehead atoms. The standard InChI is InChI=1S/C33H36N4O2/c1-33(2,3)27-15-19-28(20-16-27)35-31(38)30(21-23-9-11-24(22-34)12-10-23)37-32(39)36-29-17-13-26(14-18-29)25-7-5-4-6-8-25/h4-20,30H,21-22,34H2,1-3H3,(H,35,38)(H2,36,37,39). The summed E-state index contributed by atoms with van der Waals surface area (Å²) in [5.74, 6) is -0.295. The summed E-state index contributed by atoms with van der Waals surface area (Å²) >= 11 is 0. The first-order valence-electron chi connectivity index (χ1n) is 13.1. The maximum Gasteiger partial charge on any atom is 0.319 e. The highest BCUT2D eigenvalue weighted by Crippen LogP contribution is 2.24. The predicted molar refractivity (Wildman–Crippen MR) is 160 cm³/mol. The Morgan fingerprint density at radius 1 is 0.692 bits per heavy atom. The summed E-state index contributed by atoms with van der Waals surface area (Å²) in [6, 6.07) is 31.9. The van der Waals surface area contributed by atoms with E-state index in [0.717, 1.165) is 22.3 Å². The number of carbonyl (C=O) groups excluding carboxylic acids is 2. The number of anilines is 2. The molecule has 0 fully saturated rings. The fourth-order valence-corrected chi connectivity index (χ4v) is 4.24. The third kappa shape index (κ3) is 7.79. The van der Waals surface area contributed by atoms with E-state index >= 15 is 0 Å². The van der Waals surface area contributed by atoms with Crippen molar-refractivity contribution in [2.45, 2.75) is 45.2 Å². The van der Waals surface area contributed by atoms with E-state index < -0.39 is 12.1 Å². The van der Waals surface area contributed by atoms with Gasteiger partial charge in [0, 0.05) is 24.3 Å². The van der Waals surface area contributed by atoms with E-state index in [9.17, 15) is 9.59 Å². The number of amides is 3. The molecule has 39 heavy (non-hydrogen) atoms. The molecule has 4 aromatic carbocycles. The van der Waals surface area contributed by atoms with Crippen LogP contribution < -0.4 is 21.7 Å². The molecular formula is C33H36N4O2. The lowest BCUT2D eigenvalue weighted by molar-refractivity contribution is -0.117. The molecule has 0 radical (unpaired) electrons. The van der Waals surface area contributed by atoms with Gasteiger partial charge < -0.3 is 21.7 Å². The van der Waals surface area contributed by atoms with Crippen molar-refractivity contribution in [3.05, 3.63) is 120 Å². The monoisotopic (exact) mass is 520 g/mol. The Kier molecular flexibility index (Phi) is 8.79. The van der Waals surface area contributed by atoms with Crippen LogP contribution in [0.4, 0.5) is 16.2 Å². The number of rotatable bonds is 8. The molecule has 0 aliphatic heterocycles. The number of carbonyl (C=O) groups is 2. The molecule has 0 aliphatic rings. The molecule has 6 heteroatoms. The van der Waals surface area contributed by atoms with Crippen molar-refractivity contribution in [1.29, 1.82) is 0 Å². The van der Waals surface area contributed by atoms with Gasteiger partial charge in [-0.2, -0.15) is 0 Å². The molecule has 0 aromatic heterocycles. The van der Waals surface area contributed by atoms with Crippen LogP contribution in [0.3, 0.4) is 0 Å². The minimum atomic E-state index is -0.792. The summed E-state index contributed by atoms with van der Waals surface area (Å²) in [6.07, 6.45) is 0.330. The number of hydrogen-bond donors (Lipinski definition) is 4. The molecule has 4 rings (SSSR count). The highest BCUT2D eigenvalue weighted by molar-refractivity contribution is 5.99. The van der Waals surface area contributed by atoms with Crippen molar-refractivity contribution >= 4 is 23.3 Å². The van der Waals surface area contributed by atoms with E-state index in [1.165, 1.54) is 5.56 Å². The fraction of sp³-hybridized carbons (Fsp3) is 0.212. The van der Waals surface area contributed by atoms with Crippen molar-refractivity contribution in [2.24, 2.45) is 5.73 Å². The van der Waals surface area contributed by atoms with Gasteiger partial charge in [0.2, 0.25) is 5.91 Å². The van der Waals surface area contributed by atoms with Crippen molar-refractivity contribution in [2.75, 3.05) is 10.6 Å². The second kappa shape index (κ2) is 12.4. The van der Waals surface area contributed by atoms with E-state index in [0.29, 0.717) is 24.3 Å². The average molecular weight is 521 g/mol. The van der Waals surface area contributed by atoms with Crippen molar-refractivity contribution in [3.63, 3.8) is 0 Å². The van der Waals surface area contributed by atoms with E-state index in [1.54, 1.807) is 0 Å². The van der Waals surface area contributed by atoms with Crippen LogP contribution in [0.2, 0.25) is 0 Å². The molecule has 1 unspecified atom stereocenters. The van der Waals surface area contributed by atoms with Crippen LogP contribution >= 0.6 is 0 Å². The van der Waals surface area contributed by atoms with Gasteiger partial charge in [-0.1, -0.05) is 99.6 Å². The molecule has 0 spiro atoms. The molecule has 0 saturated heterocycles. The first-order valence-corrected chi connectivity index (χ1v) is 13.1. The van der Waals surface area contributed by atoms with Gasteiger partial charge in [-0.05, 0) is 57.5 Å². The normalized spacial score (nSPS) is 11.9. The van der Waals surface area contributed by atoms with Crippen LogP contribution in [0.15, 0.2) is 103 Å². The van der Waals surface area contributed by atoms with Crippen LogP contribution in [0, 0.1) is 0 Å². The molecule has 200 valence electrons. The van der Waals surface area contributed by atoms with Gasteiger partial charge in [0.1, 0.15) is 6.04 Å². The smallest absolute Gasteiger partial charge is 0.319 e. The SMILES string of the molecule is CC(C)(C)c1ccc(NC(=O)C(Cc2ccc(CN)cc2)NC(=O)Nc2ccc(-c3ccccc3)cc2)cc1. The zero-order valence-electron chi connectivity index (χ0n) is 22.7. The Morgan fingerprint density at radius 3 is 1.82 bits per heavy atom. The molecule has 5 N–H and O–H groups in total. The molecule has 1 atom stereocenters. The quantitative estimate of drug-likeness (QED) is 0.214. The predicted octanol–water partition coefficient (Wildman–Crippen LogP) is 6.48. The Morgan fingerprint density at radius 2 is 1.23 bits per heavy atom. The summed E-state index contributed by atoms with van der Waals surface area (Å²) in [6.45, 7) is 6.87. The molecule has 6 nitrogen and oxygen atoms in total. The number of hydrogen-bond acceptors (Lipinski definition) is 3. The maximum atomic E-state index is 13.3. The summed E-state index contributed by atoms with van der Waals surface area (Å²) in [7, 11) is 0. The molecule has 0 saturated carbocycles. The second-order valence-electron chi connectivity index (χ2n) is 10.6. The topological polar surface area (TPSA) is 96.2 Å². The Balaban J connectivity index is 1.46. The Bertz CT molecular complexity index is 1380. The van der Waals surface area contributed by atoms with Crippen LogP contribution in [-0.4, -0.2) is 18.0 Å². The minimum absolute atomic E-state index is 0.0136. The first-order chi connectivity index (χ1) is 18.7. The van der Waals surface area contributed by atoms with Crippen LogP contribution in [0.1, 0.15) is 37.5 Å². The molecule has 0 heterocycles. The maximum absolute atomic E-state index is 13.3. The molecule has 4 aromatic rings.